The lowest BCUT2D eigenvalue weighted by Gasteiger charge is -2.10. The van der Waals surface area contributed by atoms with Crippen LogP contribution in [-0.4, -0.2) is 30.8 Å². The highest BCUT2D eigenvalue weighted by molar-refractivity contribution is 6.04. The van der Waals surface area contributed by atoms with Crippen molar-refractivity contribution in [3.63, 3.8) is 0 Å². The summed E-state index contributed by atoms with van der Waals surface area (Å²) < 4.78 is 5.69. The first-order valence-electron chi connectivity index (χ1n) is 12.2. The Bertz CT molecular complexity index is 787. The lowest BCUT2D eigenvalue weighted by molar-refractivity contribution is 0.0937. The van der Waals surface area contributed by atoms with Gasteiger partial charge in [-0.05, 0) is 36.8 Å². The van der Waals surface area contributed by atoms with Gasteiger partial charge in [0.25, 0.3) is 5.91 Å². The van der Waals surface area contributed by atoms with Crippen molar-refractivity contribution >= 4 is 16.7 Å². The van der Waals surface area contributed by atoms with Gasteiger partial charge in [-0.1, -0.05) is 89.0 Å². The monoisotopic (exact) mass is 427 g/mol. The summed E-state index contributed by atoms with van der Waals surface area (Å²) in [4.78, 5) is 12.4. The fraction of sp³-hybridized carbons (Fsp3) is 0.593. The van der Waals surface area contributed by atoms with E-state index in [2.05, 4.69) is 12.2 Å². The molecule has 0 atom stereocenters. The summed E-state index contributed by atoms with van der Waals surface area (Å²) in [6, 6.07) is 9.33. The molecule has 172 valence electrons. The molecule has 0 unspecified atom stereocenters. The number of hydrogen-bond acceptors (Lipinski definition) is 3. The van der Waals surface area contributed by atoms with Gasteiger partial charge in [0.15, 0.2) is 0 Å². The second kappa shape index (κ2) is 14.9. The summed E-state index contributed by atoms with van der Waals surface area (Å²) in [5.74, 6) is -0.188. The van der Waals surface area contributed by atoms with Gasteiger partial charge in [-0.15, -0.1) is 0 Å². The largest absolute Gasteiger partial charge is 0.506 e. The highest BCUT2D eigenvalue weighted by Gasteiger charge is 2.14. The maximum atomic E-state index is 12.4. The van der Waals surface area contributed by atoms with Crippen molar-refractivity contribution < 1.29 is 14.6 Å². The predicted molar refractivity (Wildman–Crippen MR) is 130 cm³/mol. The van der Waals surface area contributed by atoms with Crippen LogP contribution in [0.1, 0.15) is 93.5 Å². The van der Waals surface area contributed by atoms with Gasteiger partial charge in [-0.3, -0.25) is 4.79 Å². The van der Waals surface area contributed by atoms with Gasteiger partial charge in [-0.25, -0.2) is 0 Å². The fourth-order valence-corrected chi connectivity index (χ4v) is 3.95. The quantitative estimate of drug-likeness (QED) is 0.286. The Kier molecular flexibility index (Phi) is 12.1. The topological polar surface area (TPSA) is 58.6 Å². The van der Waals surface area contributed by atoms with Crippen LogP contribution in [-0.2, 0) is 4.74 Å². The average molecular weight is 428 g/mol. The first-order valence-corrected chi connectivity index (χ1v) is 12.2. The van der Waals surface area contributed by atoms with Gasteiger partial charge >= 0.3 is 0 Å². The molecule has 4 heteroatoms. The number of phenolic OH excluding ortho intramolecular Hbond substituents is 1. The number of amides is 1. The molecule has 0 aliphatic rings. The van der Waals surface area contributed by atoms with Crippen LogP contribution >= 0.6 is 0 Å². The molecule has 0 heterocycles. The third-order valence-corrected chi connectivity index (χ3v) is 5.89. The average Bonchev–Trinajstić information content (AvgIpc) is 2.77. The maximum absolute atomic E-state index is 12.4. The summed E-state index contributed by atoms with van der Waals surface area (Å²) in [7, 11) is 0. The number of nitrogens with one attached hydrogen (secondary N) is 1. The Morgan fingerprint density at radius 1 is 0.839 bits per heavy atom. The molecule has 2 aromatic carbocycles. The molecule has 0 aliphatic heterocycles. The van der Waals surface area contributed by atoms with Crippen molar-refractivity contribution in [2.75, 3.05) is 19.8 Å². The summed E-state index contributed by atoms with van der Waals surface area (Å²) in [6.07, 6.45) is 14.0. The minimum absolute atomic E-state index is 0.0518. The van der Waals surface area contributed by atoms with E-state index in [4.69, 9.17) is 4.74 Å². The van der Waals surface area contributed by atoms with E-state index in [0.29, 0.717) is 24.1 Å². The molecule has 4 nitrogen and oxygen atoms in total. The van der Waals surface area contributed by atoms with Gasteiger partial charge in [0.2, 0.25) is 0 Å². The summed E-state index contributed by atoms with van der Waals surface area (Å²) in [6.45, 7) is 6.26. The number of unbranched alkanes of at least 4 members (excludes halogenated alkanes) is 9. The van der Waals surface area contributed by atoms with E-state index in [1.165, 1.54) is 57.8 Å². The molecule has 2 aromatic rings. The van der Waals surface area contributed by atoms with E-state index in [9.17, 15) is 9.90 Å². The van der Waals surface area contributed by atoms with Crippen molar-refractivity contribution in [1.29, 1.82) is 0 Å². The minimum atomic E-state index is -0.240. The van der Waals surface area contributed by atoms with Crippen molar-refractivity contribution in [3.8, 4) is 5.75 Å². The predicted octanol–water partition coefficient (Wildman–Crippen LogP) is 6.91. The van der Waals surface area contributed by atoms with Crippen LogP contribution < -0.4 is 5.32 Å². The normalized spacial score (nSPS) is 11.2. The number of carbonyl (C=O) groups is 1. The van der Waals surface area contributed by atoms with E-state index in [1.807, 2.05) is 31.2 Å². The minimum Gasteiger partial charge on any atom is -0.506 e. The number of aromatic hydroxyl groups is 1. The van der Waals surface area contributed by atoms with Gasteiger partial charge in [-0.2, -0.15) is 0 Å². The Morgan fingerprint density at radius 3 is 2.19 bits per heavy atom. The molecule has 1 amide bonds. The third-order valence-electron chi connectivity index (χ3n) is 5.89. The number of aryl methyl sites for hydroxylation is 1. The van der Waals surface area contributed by atoms with Crippen LogP contribution in [0, 0.1) is 6.92 Å². The number of ether oxygens (including phenoxy) is 1. The molecule has 0 fully saturated rings. The second-order valence-corrected chi connectivity index (χ2v) is 8.54. The van der Waals surface area contributed by atoms with Crippen LogP contribution in [0.2, 0.25) is 0 Å². The van der Waals surface area contributed by atoms with Crippen molar-refractivity contribution in [3.05, 3.63) is 41.5 Å². The van der Waals surface area contributed by atoms with E-state index in [0.717, 1.165) is 30.4 Å². The molecule has 0 aliphatic carbocycles. The zero-order valence-electron chi connectivity index (χ0n) is 19.5. The molecular weight excluding hydrogens is 386 g/mol. The summed E-state index contributed by atoms with van der Waals surface area (Å²) >= 11 is 0. The Hall–Kier alpha value is -2.07. The van der Waals surface area contributed by atoms with Crippen molar-refractivity contribution in [2.24, 2.45) is 0 Å². The van der Waals surface area contributed by atoms with Crippen molar-refractivity contribution in [2.45, 2.75) is 84.5 Å². The molecule has 2 N–H and O–H groups in total. The molecule has 0 radical (unpaired) electrons. The first-order chi connectivity index (χ1) is 15.1. The van der Waals surface area contributed by atoms with Crippen LogP contribution in [0.3, 0.4) is 0 Å². The molecule has 31 heavy (non-hydrogen) atoms. The maximum Gasteiger partial charge on any atom is 0.255 e. The van der Waals surface area contributed by atoms with Gasteiger partial charge < -0.3 is 15.2 Å². The number of fused-ring (bicyclic) bond motifs is 1. The SMILES string of the molecule is CCCCCCCCCCCCOCCCNC(=O)c1ccc2c(C)cccc2c1O. The zero-order chi connectivity index (χ0) is 22.3. The zero-order valence-corrected chi connectivity index (χ0v) is 19.5. The number of phenols is 1. The highest BCUT2D eigenvalue weighted by atomic mass is 16.5. The van der Waals surface area contributed by atoms with E-state index >= 15 is 0 Å². The molecule has 0 saturated carbocycles. The molecular formula is C27H41NO3. The molecule has 0 aromatic heterocycles. The summed E-state index contributed by atoms with van der Waals surface area (Å²) in [5, 5.41) is 15.1. The number of benzene rings is 2. The van der Waals surface area contributed by atoms with E-state index in [-0.39, 0.29) is 11.7 Å². The Labute approximate surface area is 188 Å². The van der Waals surface area contributed by atoms with E-state index in [1.54, 1.807) is 6.07 Å². The molecule has 0 spiro atoms. The number of hydrogen-bond donors (Lipinski definition) is 2. The van der Waals surface area contributed by atoms with Gasteiger partial charge in [0, 0.05) is 25.1 Å². The molecule has 0 bridgehead atoms. The van der Waals surface area contributed by atoms with Crippen LogP contribution in [0.4, 0.5) is 0 Å². The van der Waals surface area contributed by atoms with Crippen LogP contribution in [0.15, 0.2) is 30.3 Å². The standard InChI is InChI=1S/C27H41NO3/c1-3-4-5-6-7-8-9-10-11-12-20-31-21-14-19-28-27(30)25-18-17-23-22(2)15-13-16-24(23)26(25)29/h13,15-18,29H,3-12,14,19-21H2,1-2H3,(H,28,30). The van der Waals surface area contributed by atoms with Gasteiger partial charge in [0.05, 0.1) is 5.56 Å². The lowest BCUT2D eigenvalue weighted by atomic mass is 10.0. The lowest BCUT2D eigenvalue weighted by Crippen LogP contribution is -2.25. The van der Waals surface area contributed by atoms with Crippen LogP contribution in [0.5, 0.6) is 5.75 Å². The highest BCUT2D eigenvalue weighted by Crippen LogP contribution is 2.30. The Balaban J connectivity index is 1.50. The molecule has 0 saturated heterocycles. The van der Waals surface area contributed by atoms with Gasteiger partial charge in [0.1, 0.15) is 5.75 Å². The molecule has 2 rings (SSSR count). The second-order valence-electron chi connectivity index (χ2n) is 8.54. The van der Waals surface area contributed by atoms with Crippen molar-refractivity contribution in [1.82, 2.24) is 5.32 Å². The number of carbonyl (C=O) groups excluding carboxylic acids is 1. The summed E-state index contributed by atoms with van der Waals surface area (Å²) in [5.41, 5.74) is 1.41. The van der Waals surface area contributed by atoms with Crippen LogP contribution in [0.25, 0.3) is 10.8 Å². The smallest absolute Gasteiger partial charge is 0.255 e. The third kappa shape index (κ3) is 8.90. The first kappa shape index (κ1) is 25.2. The van der Waals surface area contributed by atoms with E-state index < -0.39 is 0 Å². The number of rotatable bonds is 16. The Morgan fingerprint density at radius 2 is 1.48 bits per heavy atom. The fourth-order valence-electron chi connectivity index (χ4n) is 3.95.